The van der Waals surface area contributed by atoms with E-state index in [1.54, 1.807) is 37.2 Å². The number of halogens is 1. The maximum Gasteiger partial charge on any atom is 0.324 e. The van der Waals surface area contributed by atoms with E-state index in [4.69, 9.17) is 4.74 Å². The van der Waals surface area contributed by atoms with E-state index in [1.807, 2.05) is 30.0 Å². The van der Waals surface area contributed by atoms with E-state index < -0.39 is 12.2 Å². The van der Waals surface area contributed by atoms with Crippen LogP contribution in [0.5, 0.6) is 11.6 Å². The number of hydrogen-bond acceptors (Lipinski definition) is 5. The molecular weight excluding hydrogens is 375 g/mol. The van der Waals surface area contributed by atoms with Gasteiger partial charge in [-0.3, -0.25) is 10.1 Å². The van der Waals surface area contributed by atoms with Gasteiger partial charge in [0.15, 0.2) is 0 Å². The first-order chi connectivity index (χ1) is 13.8. The highest BCUT2D eigenvalue weighted by Gasteiger charge is 2.38. The third kappa shape index (κ3) is 3.50. The second kappa shape index (κ2) is 7.35. The summed E-state index contributed by atoms with van der Waals surface area (Å²) in [5.74, 6) is 0.358. The number of anilines is 1. The third-order valence-electron chi connectivity index (χ3n) is 5.56. The molecule has 1 aromatic carbocycles. The number of nitrogens with one attached hydrogen (secondary N) is 1. The van der Waals surface area contributed by atoms with Crippen molar-refractivity contribution in [2.75, 3.05) is 25.0 Å². The molecular formula is C21H23FN4O3. The van der Waals surface area contributed by atoms with Crippen molar-refractivity contribution in [2.45, 2.75) is 26.1 Å². The summed E-state index contributed by atoms with van der Waals surface area (Å²) in [5, 5.41) is 2.36. The van der Waals surface area contributed by atoms with Crippen LogP contribution in [0.3, 0.4) is 0 Å². The molecule has 2 unspecified atom stereocenters. The summed E-state index contributed by atoms with van der Waals surface area (Å²) in [6, 6.07) is 8.43. The average molecular weight is 398 g/mol. The van der Waals surface area contributed by atoms with Crippen LogP contribution in [0.1, 0.15) is 24.1 Å². The SMILES string of the molecule is Cc1cc(Oc2ncccc2N2CC(F)C2)ccc1C1C(C)C(=O)NC(=O)N1C. The zero-order valence-corrected chi connectivity index (χ0v) is 16.6. The van der Waals surface area contributed by atoms with E-state index >= 15 is 0 Å². The topological polar surface area (TPSA) is 74.8 Å². The van der Waals surface area contributed by atoms with Crippen molar-refractivity contribution >= 4 is 17.6 Å². The Morgan fingerprint density at radius 3 is 2.69 bits per heavy atom. The van der Waals surface area contributed by atoms with Crippen LogP contribution in [0.4, 0.5) is 14.9 Å². The Hall–Kier alpha value is -3.16. The number of benzene rings is 1. The fourth-order valence-electron chi connectivity index (χ4n) is 3.87. The minimum atomic E-state index is -0.820. The molecule has 0 radical (unpaired) electrons. The fourth-order valence-corrected chi connectivity index (χ4v) is 3.87. The number of carbonyl (C=O) groups is 2. The number of rotatable bonds is 4. The molecule has 3 heterocycles. The molecule has 2 aliphatic rings. The molecule has 2 aliphatic heterocycles. The van der Waals surface area contributed by atoms with Gasteiger partial charge in [0.25, 0.3) is 0 Å². The zero-order valence-electron chi connectivity index (χ0n) is 16.6. The molecule has 2 atom stereocenters. The van der Waals surface area contributed by atoms with Gasteiger partial charge in [0, 0.05) is 13.2 Å². The van der Waals surface area contributed by atoms with E-state index in [2.05, 4.69) is 10.3 Å². The van der Waals surface area contributed by atoms with Gasteiger partial charge >= 0.3 is 6.03 Å². The lowest BCUT2D eigenvalue weighted by Crippen LogP contribution is -2.53. The first-order valence-corrected chi connectivity index (χ1v) is 9.55. The lowest BCUT2D eigenvalue weighted by molar-refractivity contribution is -0.127. The second-order valence-electron chi connectivity index (χ2n) is 7.59. The maximum absolute atomic E-state index is 13.2. The molecule has 3 amide bonds. The highest BCUT2D eigenvalue weighted by molar-refractivity contribution is 5.98. The Balaban J connectivity index is 1.59. The fraction of sp³-hybridized carbons (Fsp3) is 0.381. The van der Waals surface area contributed by atoms with Gasteiger partial charge in [-0.2, -0.15) is 0 Å². The monoisotopic (exact) mass is 398 g/mol. The van der Waals surface area contributed by atoms with Gasteiger partial charge in [0.1, 0.15) is 17.6 Å². The van der Waals surface area contributed by atoms with Crippen LogP contribution in [-0.2, 0) is 4.79 Å². The van der Waals surface area contributed by atoms with Crippen LogP contribution in [0.2, 0.25) is 0 Å². The van der Waals surface area contributed by atoms with Gasteiger partial charge in [-0.1, -0.05) is 13.0 Å². The van der Waals surface area contributed by atoms with E-state index in [-0.39, 0.29) is 17.9 Å². The molecule has 1 N–H and O–H groups in total. The van der Waals surface area contributed by atoms with Gasteiger partial charge in [0.05, 0.1) is 25.0 Å². The molecule has 0 spiro atoms. The number of hydrogen-bond donors (Lipinski definition) is 1. The van der Waals surface area contributed by atoms with Crippen LogP contribution >= 0.6 is 0 Å². The summed E-state index contributed by atoms with van der Waals surface area (Å²) in [4.78, 5) is 31.9. The summed E-state index contributed by atoms with van der Waals surface area (Å²) in [6.45, 7) is 4.39. The molecule has 29 heavy (non-hydrogen) atoms. The van der Waals surface area contributed by atoms with Gasteiger partial charge in [-0.05, 0) is 42.3 Å². The largest absolute Gasteiger partial charge is 0.437 e. The molecule has 0 bridgehead atoms. The Morgan fingerprint density at radius 2 is 2.00 bits per heavy atom. The Labute approximate surface area is 168 Å². The highest BCUT2D eigenvalue weighted by Crippen LogP contribution is 2.37. The van der Waals surface area contributed by atoms with E-state index in [0.717, 1.165) is 16.8 Å². The number of ether oxygens (including phenoxy) is 1. The van der Waals surface area contributed by atoms with E-state index in [9.17, 15) is 14.0 Å². The molecule has 8 heteroatoms. The quantitative estimate of drug-likeness (QED) is 0.856. The van der Waals surface area contributed by atoms with Gasteiger partial charge in [0.2, 0.25) is 11.8 Å². The first-order valence-electron chi connectivity index (χ1n) is 9.55. The van der Waals surface area contributed by atoms with Gasteiger partial charge < -0.3 is 14.5 Å². The van der Waals surface area contributed by atoms with Crippen LogP contribution in [0, 0.1) is 12.8 Å². The van der Waals surface area contributed by atoms with Crippen LogP contribution < -0.4 is 15.0 Å². The average Bonchev–Trinajstić information content (AvgIpc) is 2.66. The molecule has 1 aromatic heterocycles. The van der Waals surface area contributed by atoms with Crippen molar-refractivity contribution < 1.29 is 18.7 Å². The molecule has 152 valence electrons. The van der Waals surface area contributed by atoms with Crippen LogP contribution in [-0.4, -0.2) is 48.1 Å². The number of aromatic nitrogens is 1. The molecule has 4 rings (SSSR count). The van der Waals surface area contributed by atoms with Crippen molar-refractivity contribution in [3.63, 3.8) is 0 Å². The molecule has 2 saturated heterocycles. The number of urea groups is 1. The summed E-state index contributed by atoms with van der Waals surface area (Å²) >= 11 is 0. The Morgan fingerprint density at radius 1 is 1.24 bits per heavy atom. The molecule has 0 aliphatic carbocycles. The number of amides is 3. The minimum absolute atomic E-state index is 0.281. The van der Waals surface area contributed by atoms with E-state index in [1.165, 1.54) is 0 Å². The van der Waals surface area contributed by atoms with Crippen LogP contribution in [0.25, 0.3) is 0 Å². The number of pyridine rings is 1. The highest BCUT2D eigenvalue weighted by atomic mass is 19.1. The lowest BCUT2D eigenvalue weighted by atomic mass is 9.88. The first kappa shape index (κ1) is 19.2. The second-order valence-corrected chi connectivity index (χ2v) is 7.59. The summed E-state index contributed by atoms with van der Waals surface area (Å²) < 4.78 is 19.2. The normalized spacial score (nSPS) is 22.3. The van der Waals surface area contributed by atoms with Crippen LogP contribution in [0.15, 0.2) is 36.5 Å². The third-order valence-corrected chi connectivity index (χ3v) is 5.56. The number of imide groups is 1. The minimum Gasteiger partial charge on any atom is -0.437 e. The predicted octanol–water partition coefficient (Wildman–Crippen LogP) is 3.20. The number of carbonyl (C=O) groups excluding carboxylic acids is 2. The molecule has 7 nitrogen and oxygen atoms in total. The maximum atomic E-state index is 13.2. The van der Waals surface area contributed by atoms with Crippen molar-refractivity contribution in [1.29, 1.82) is 0 Å². The zero-order chi connectivity index (χ0) is 20.7. The standard InChI is InChI=1S/C21H23FN4O3/c1-12-9-15(29-20-17(5-4-8-23-20)26-10-14(22)11-26)6-7-16(12)18-13(2)19(27)24-21(28)25(18)3/h4-9,13-14,18H,10-11H2,1-3H3,(H,24,27,28). The predicted molar refractivity (Wildman–Crippen MR) is 106 cm³/mol. The Bertz CT molecular complexity index is 941. The summed E-state index contributed by atoms with van der Waals surface area (Å²) in [6.07, 6.45) is 0.814. The Kier molecular flexibility index (Phi) is 4.86. The smallest absolute Gasteiger partial charge is 0.324 e. The van der Waals surface area contributed by atoms with Gasteiger partial charge in [-0.25, -0.2) is 14.2 Å². The summed E-state index contributed by atoms with van der Waals surface area (Å²) in [5.41, 5.74) is 2.55. The van der Waals surface area contributed by atoms with Crippen molar-refractivity contribution in [3.05, 3.63) is 47.7 Å². The van der Waals surface area contributed by atoms with Crippen molar-refractivity contribution in [1.82, 2.24) is 15.2 Å². The van der Waals surface area contributed by atoms with E-state index in [0.29, 0.717) is 24.7 Å². The van der Waals surface area contributed by atoms with Gasteiger partial charge in [-0.15, -0.1) is 0 Å². The number of alkyl halides is 1. The number of nitrogens with zero attached hydrogens (tertiary/aromatic N) is 3. The summed E-state index contributed by atoms with van der Waals surface area (Å²) in [7, 11) is 1.68. The van der Waals surface area contributed by atoms with Crippen molar-refractivity contribution in [2.24, 2.45) is 5.92 Å². The molecule has 0 saturated carbocycles. The van der Waals surface area contributed by atoms with Crippen molar-refractivity contribution in [3.8, 4) is 11.6 Å². The molecule has 2 fully saturated rings. The number of aryl methyl sites for hydroxylation is 1. The lowest BCUT2D eigenvalue weighted by Gasteiger charge is -2.37. The molecule has 2 aromatic rings.